The fourth-order valence-corrected chi connectivity index (χ4v) is 2.74. The van der Waals surface area contributed by atoms with Crippen molar-refractivity contribution in [1.29, 1.82) is 0 Å². The summed E-state index contributed by atoms with van der Waals surface area (Å²) in [7, 11) is 0. The van der Waals surface area contributed by atoms with Crippen molar-refractivity contribution in [2.24, 2.45) is 5.92 Å². The average molecular weight is 328 g/mol. The monoisotopic (exact) mass is 326 g/mol. The van der Waals surface area contributed by atoms with Crippen LogP contribution < -0.4 is 4.90 Å². The lowest BCUT2D eigenvalue weighted by atomic mass is 10.0. The van der Waals surface area contributed by atoms with E-state index >= 15 is 0 Å². The van der Waals surface area contributed by atoms with Crippen LogP contribution in [0.4, 0.5) is 5.82 Å². The number of aromatic nitrogens is 3. The van der Waals surface area contributed by atoms with E-state index in [0.717, 1.165) is 34.9 Å². The van der Waals surface area contributed by atoms with E-state index in [-0.39, 0.29) is 0 Å². The molecule has 0 N–H and O–H groups in total. The highest BCUT2D eigenvalue weighted by Crippen LogP contribution is 2.29. The van der Waals surface area contributed by atoms with E-state index in [1.54, 1.807) is 6.20 Å². The van der Waals surface area contributed by atoms with Gasteiger partial charge < -0.3 is 4.90 Å². The standard InChI is InChI=1S/C12H12BrClN4/c13-10-4-16-18(8-10)7-9-5-17(6-9)12-11(14)2-1-3-15-12/h1-4,8-9H,5-7H2. The number of rotatable bonds is 3. The fraction of sp³-hybridized carbons (Fsp3) is 0.333. The number of nitrogens with zero attached hydrogens (tertiary/aromatic N) is 4. The van der Waals surface area contributed by atoms with Crippen molar-refractivity contribution < 1.29 is 0 Å². The van der Waals surface area contributed by atoms with Crippen molar-refractivity contribution in [3.05, 3.63) is 40.2 Å². The first kappa shape index (κ1) is 12.0. The van der Waals surface area contributed by atoms with Crippen molar-refractivity contribution in [3.8, 4) is 0 Å². The molecule has 3 heterocycles. The lowest BCUT2D eigenvalue weighted by molar-refractivity contribution is 0.340. The Labute approximate surface area is 119 Å². The Morgan fingerprint density at radius 1 is 1.44 bits per heavy atom. The molecule has 1 fully saturated rings. The predicted molar refractivity (Wildman–Crippen MR) is 74.9 cm³/mol. The number of hydrogen-bond donors (Lipinski definition) is 0. The van der Waals surface area contributed by atoms with Crippen LogP contribution in [0.2, 0.25) is 5.02 Å². The average Bonchev–Trinajstić information content (AvgIpc) is 2.70. The minimum Gasteiger partial charge on any atom is -0.355 e. The highest BCUT2D eigenvalue weighted by molar-refractivity contribution is 9.10. The van der Waals surface area contributed by atoms with Crippen molar-refractivity contribution in [2.45, 2.75) is 6.54 Å². The Kier molecular flexibility index (Phi) is 3.26. The highest BCUT2D eigenvalue weighted by Gasteiger charge is 2.29. The zero-order valence-electron chi connectivity index (χ0n) is 9.63. The number of halogens is 2. The summed E-state index contributed by atoms with van der Waals surface area (Å²) in [5, 5.41) is 4.98. The minimum absolute atomic E-state index is 0.606. The first-order chi connectivity index (χ1) is 8.72. The molecule has 0 radical (unpaired) electrons. The zero-order valence-corrected chi connectivity index (χ0v) is 12.0. The second-order valence-electron chi connectivity index (χ2n) is 4.46. The summed E-state index contributed by atoms with van der Waals surface area (Å²) < 4.78 is 2.98. The third kappa shape index (κ3) is 2.37. The summed E-state index contributed by atoms with van der Waals surface area (Å²) in [6.45, 7) is 2.90. The van der Waals surface area contributed by atoms with Gasteiger partial charge in [0.1, 0.15) is 5.82 Å². The maximum absolute atomic E-state index is 6.12. The van der Waals surface area contributed by atoms with Gasteiger partial charge in [-0.15, -0.1) is 0 Å². The lowest BCUT2D eigenvalue weighted by Crippen LogP contribution is -2.49. The smallest absolute Gasteiger partial charge is 0.147 e. The Bertz CT molecular complexity index is 551. The molecule has 1 aliphatic rings. The quantitative estimate of drug-likeness (QED) is 0.869. The minimum atomic E-state index is 0.606. The number of hydrogen-bond acceptors (Lipinski definition) is 3. The Balaban J connectivity index is 1.59. The van der Waals surface area contributed by atoms with Crippen molar-refractivity contribution in [3.63, 3.8) is 0 Å². The van der Waals surface area contributed by atoms with Crippen LogP contribution in [0.5, 0.6) is 0 Å². The molecule has 0 aliphatic carbocycles. The third-order valence-corrected chi connectivity index (χ3v) is 3.75. The maximum Gasteiger partial charge on any atom is 0.147 e. The maximum atomic E-state index is 6.12. The highest BCUT2D eigenvalue weighted by atomic mass is 79.9. The van der Waals surface area contributed by atoms with Gasteiger partial charge >= 0.3 is 0 Å². The topological polar surface area (TPSA) is 34.0 Å². The molecular formula is C12H12BrClN4. The molecule has 0 atom stereocenters. The summed E-state index contributed by atoms with van der Waals surface area (Å²) in [6.07, 6.45) is 5.58. The molecule has 94 valence electrons. The molecule has 18 heavy (non-hydrogen) atoms. The Morgan fingerprint density at radius 3 is 2.94 bits per heavy atom. The van der Waals surface area contributed by atoms with Gasteiger partial charge in [0.2, 0.25) is 0 Å². The van der Waals surface area contributed by atoms with Gasteiger partial charge in [0.15, 0.2) is 0 Å². The van der Waals surface area contributed by atoms with Gasteiger partial charge in [-0.3, -0.25) is 4.68 Å². The van der Waals surface area contributed by atoms with E-state index < -0.39 is 0 Å². The van der Waals surface area contributed by atoms with Gasteiger partial charge in [-0.05, 0) is 28.1 Å². The molecule has 0 amide bonds. The Hall–Kier alpha value is -1.07. The predicted octanol–water partition coefficient (Wildman–Crippen LogP) is 2.83. The van der Waals surface area contributed by atoms with E-state index in [1.807, 2.05) is 29.2 Å². The number of pyridine rings is 1. The Morgan fingerprint density at radius 2 is 2.28 bits per heavy atom. The van der Waals surface area contributed by atoms with Gasteiger partial charge in [0.05, 0.1) is 15.7 Å². The van der Waals surface area contributed by atoms with E-state index in [4.69, 9.17) is 11.6 Å². The summed E-state index contributed by atoms with van der Waals surface area (Å²) in [4.78, 5) is 6.51. The van der Waals surface area contributed by atoms with Crippen LogP contribution in [0.3, 0.4) is 0 Å². The van der Waals surface area contributed by atoms with E-state index in [2.05, 4.69) is 30.9 Å². The van der Waals surface area contributed by atoms with Crippen molar-refractivity contribution in [1.82, 2.24) is 14.8 Å². The van der Waals surface area contributed by atoms with Gasteiger partial charge in [-0.2, -0.15) is 5.10 Å². The van der Waals surface area contributed by atoms with Crippen LogP contribution in [0.25, 0.3) is 0 Å². The molecular weight excluding hydrogens is 316 g/mol. The summed E-state index contributed by atoms with van der Waals surface area (Å²) in [6, 6.07) is 3.73. The van der Waals surface area contributed by atoms with Crippen LogP contribution in [0.1, 0.15) is 0 Å². The SMILES string of the molecule is Clc1cccnc1N1CC(Cn2cc(Br)cn2)C1. The normalized spacial score (nSPS) is 15.8. The molecule has 2 aromatic heterocycles. The lowest BCUT2D eigenvalue weighted by Gasteiger charge is -2.40. The molecule has 0 aromatic carbocycles. The summed E-state index contributed by atoms with van der Waals surface area (Å²) >= 11 is 9.51. The van der Waals surface area contributed by atoms with E-state index in [9.17, 15) is 0 Å². The number of anilines is 1. The first-order valence-electron chi connectivity index (χ1n) is 5.76. The summed E-state index contributed by atoms with van der Waals surface area (Å²) in [5.74, 6) is 1.49. The van der Waals surface area contributed by atoms with E-state index in [1.165, 1.54) is 0 Å². The first-order valence-corrected chi connectivity index (χ1v) is 6.93. The second kappa shape index (κ2) is 4.90. The van der Waals surface area contributed by atoms with Crippen LogP contribution in [0, 0.1) is 5.92 Å². The van der Waals surface area contributed by atoms with Crippen molar-refractivity contribution >= 4 is 33.3 Å². The molecule has 0 unspecified atom stereocenters. The zero-order chi connectivity index (χ0) is 12.5. The molecule has 0 spiro atoms. The van der Waals surface area contributed by atoms with Gasteiger partial charge in [-0.25, -0.2) is 4.98 Å². The molecule has 0 bridgehead atoms. The van der Waals surface area contributed by atoms with Gasteiger partial charge in [-0.1, -0.05) is 11.6 Å². The molecule has 2 aromatic rings. The molecule has 6 heteroatoms. The molecule has 4 nitrogen and oxygen atoms in total. The summed E-state index contributed by atoms with van der Waals surface area (Å²) in [5.41, 5.74) is 0. The fourth-order valence-electron chi connectivity index (χ4n) is 2.17. The largest absolute Gasteiger partial charge is 0.355 e. The van der Waals surface area contributed by atoms with Crippen LogP contribution in [-0.2, 0) is 6.54 Å². The molecule has 1 saturated heterocycles. The third-order valence-electron chi connectivity index (χ3n) is 3.04. The molecule has 3 rings (SSSR count). The molecule has 1 aliphatic heterocycles. The second-order valence-corrected chi connectivity index (χ2v) is 5.78. The van der Waals surface area contributed by atoms with Gasteiger partial charge in [0, 0.05) is 37.9 Å². The van der Waals surface area contributed by atoms with Crippen molar-refractivity contribution in [2.75, 3.05) is 18.0 Å². The van der Waals surface area contributed by atoms with E-state index in [0.29, 0.717) is 5.92 Å². The van der Waals surface area contributed by atoms with Crippen LogP contribution in [-0.4, -0.2) is 27.9 Å². The van der Waals surface area contributed by atoms with Crippen LogP contribution >= 0.6 is 27.5 Å². The van der Waals surface area contributed by atoms with Gasteiger partial charge in [0.25, 0.3) is 0 Å². The van der Waals surface area contributed by atoms with Crippen LogP contribution in [0.15, 0.2) is 35.2 Å². The molecule has 0 saturated carbocycles.